The molecular formula is C16H16BrClN2O. The largest absolute Gasteiger partial charge is 0.380 e. The Balaban J connectivity index is 2.16. The molecule has 2 rings (SSSR count). The van der Waals surface area contributed by atoms with Gasteiger partial charge in [-0.2, -0.15) is 0 Å². The molecule has 2 aromatic rings. The second kappa shape index (κ2) is 6.96. The van der Waals surface area contributed by atoms with Gasteiger partial charge in [0.1, 0.15) is 0 Å². The summed E-state index contributed by atoms with van der Waals surface area (Å²) in [7, 11) is 3.49. The Labute approximate surface area is 138 Å². The molecular weight excluding hydrogens is 352 g/mol. The fraction of sp³-hybridized carbons (Fsp3) is 0.188. The first-order valence-electron chi connectivity index (χ1n) is 6.47. The van der Waals surface area contributed by atoms with E-state index in [0.717, 1.165) is 15.7 Å². The zero-order valence-corrected chi connectivity index (χ0v) is 14.2. The highest BCUT2D eigenvalue weighted by atomic mass is 79.9. The topological polar surface area (TPSA) is 32.3 Å². The number of hydrogen-bond donors (Lipinski definition) is 1. The van der Waals surface area contributed by atoms with E-state index in [1.54, 1.807) is 19.0 Å². The number of rotatable bonds is 4. The number of anilines is 1. The zero-order valence-electron chi connectivity index (χ0n) is 11.9. The lowest BCUT2D eigenvalue weighted by atomic mass is 10.1. The van der Waals surface area contributed by atoms with E-state index in [4.69, 9.17) is 11.6 Å². The fourth-order valence-electron chi connectivity index (χ4n) is 1.91. The van der Waals surface area contributed by atoms with E-state index in [2.05, 4.69) is 21.2 Å². The van der Waals surface area contributed by atoms with E-state index in [1.165, 1.54) is 0 Å². The molecule has 0 fully saturated rings. The average Bonchev–Trinajstić information content (AvgIpc) is 2.48. The fourth-order valence-corrected chi connectivity index (χ4v) is 2.46. The predicted molar refractivity (Wildman–Crippen MR) is 90.9 cm³/mol. The number of hydrogen-bond acceptors (Lipinski definition) is 2. The lowest BCUT2D eigenvalue weighted by Crippen LogP contribution is -2.22. The standard InChI is InChI=1S/C16H16BrClN2O/c1-20(2)16(21)12-5-3-4-6-15(12)19-10-11-7-8-14(18)13(17)9-11/h3-9,19H,10H2,1-2H3. The monoisotopic (exact) mass is 366 g/mol. The van der Waals surface area contributed by atoms with Gasteiger partial charge in [0.2, 0.25) is 0 Å². The highest BCUT2D eigenvalue weighted by molar-refractivity contribution is 9.10. The van der Waals surface area contributed by atoms with Gasteiger partial charge in [-0.1, -0.05) is 29.8 Å². The number of benzene rings is 2. The van der Waals surface area contributed by atoms with E-state index < -0.39 is 0 Å². The van der Waals surface area contributed by atoms with Crippen LogP contribution >= 0.6 is 27.5 Å². The molecule has 21 heavy (non-hydrogen) atoms. The summed E-state index contributed by atoms with van der Waals surface area (Å²) in [6.45, 7) is 0.619. The molecule has 1 N–H and O–H groups in total. The molecule has 0 radical (unpaired) electrons. The lowest BCUT2D eigenvalue weighted by molar-refractivity contribution is 0.0828. The van der Waals surface area contributed by atoms with Gasteiger partial charge < -0.3 is 10.2 Å². The van der Waals surface area contributed by atoms with Gasteiger partial charge in [-0.3, -0.25) is 4.79 Å². The second-order valence-electron chi connectivity index (χ2n) is 4.85. The van der Waals surface area contributed by atoms with Crippen molar-refractivity contribution in [3.8, 4) is 0 Å². The Kier molecular flexibility index (Phi) is 5.26. The van der Waals surface area contributed by atoms with Gasteiger partial charge >= 0.3 is 0 Å². The summed E-state index contributed by atoms with van der Waals surface area (Å²) >= 11 is 9.39. The first-order valence-corrected chi connectivity index (χ1v) is 7.64. The van der Waals surface area contributed by atoms with Crippen LogP contribution in [-0.4, -0.2) is 24.9 Å². The van der Waals surface area contributed by atoms with Crippen LogP contribution in [-0.2, 0) is 6.54 Å². The summed E-state index contributed by atoms with van der Waals surface area (Å²) in [6.07, 6.45) is 0. The predicted octanol–water partition coefficient (Wildman–Crippen LogP) is 4.42. The third-order valence-corrected chi connectivity index (χ3v) is 4.24. The van der Waals surface area contributed by atoms with Crippen molar-refractivity contribution in [1.82, 2.24) is 4.90 Å². The summed E-state index contributed by atoms with van der Waals surface area (Å²) < 4.78 is 0.862. The van der Waals surface area contributed by atoms with Crippen molar-refractivity contribution in [1.29, 1.82) is 0 Å². The van der Waals surface area contributed by atoms with E-state index in [0.29, 0.717) is 17.1 Å². The normalized spacial score (nSPS) is 10.3. The smallest absolute Gasteiger partial charge is 0.255 e. The summed E-state index contributed by atoms with van der Waals surface area (Å²) in [6, 6.07) is 13.3. The number of carbonyl (C=O) groups is 1. The van der Waals surface area contributed by atoms with Crippen molar-refractivity contribution in [2.24, 2.45) is 0 Å². The Morgan fingerprint density at radius 1 is 1.24 bits per heavy atom. The Morgan fingerprint density at radius 2 is 1.95 bits per heavy atom. The van der Waals surface area contributed by atoms with Crippen LogP contribution in [0.1, 0.15) is 15.9 Å². The van der Waals surface area contributed by atoms with Crippen molar-refractivity contribution >= 4 is 39.1 Å². The molecule has 0 aliphatic carbocycles. The minimum Gasteiger partial charge on any atom is -0.380 e. The highest BCUT2D eigenvalue weighted by Gasteiger charge is 2.12. The van der Waals surface area contributed by atoms with Gasteiger partial charge in [0.05, 0.1) is 10.6 Å². The van der Waals surface area contributed by atoms with Gasteiger partial charge in [-0.05, 0) is 45.8 Å². The number of nitrogens with one attached hydrogen (secondary N) is 1. The number of nitrogens with zero attached hydrogens (tertiary/aromatic N) is 1. The van der Waals surface area contributed by atoms with Gasteiger partial charge in [0.15, 0.2) is 0 Å². The molecule has 5 heteroatoms. The number of amides is 1. The van der Waals surface area contributed by atoms with E-state index in [9.17, 15) is 4.79 Å². The maximum atomic E-state index is 12.1. The Morgan fingerprint density at radius 3 is 2.62 bits per heavy atom. The third kappa shape index (κ3) is 3.99. The molecule has 0 aliphatic rings. The molecule has 110 valence electrons. The molecule has 0 heterocycles. The van der Waals surface area contributed by atoms with Crippen LogP contribution in [0.2, 0.25) is 5.02 Å². The summed E-state index contributed by atoms with van der Waals surface area (Å²) in [5.41, 5.74) is 2.57. The molecule has 0 aromatic heterocycles. The Hall–Kier alpha value is -1.52. The quantitative estimate of drug-likeness (QED) is 0.868. The molecule has 0 bridgehead atoms. The molecule has 3 nitrogen and oxygen atoms in total. The third-order valence-electron chi connectivity index (χ3n) is 3.03. The van der Waals surface area contributed by atoms with Crippen LogP contribution in [0.3, 0.4) is 0 Å². The van der Waals surface area contributed by atoms with Crippen LogP contribution in [0.4, 0.5) is 5.69 Å². The van der Waals surface area contributed by atoms with Gasteiger partial charge in [0.25, 0.3) is 5.91 Å². The number of para-hydroxylation sites is 1. The first kappa shape index (κ1) is 15.9. The minimum atomic E-state index is -0.0182. The van der Waals surface area contributed by atoms with Crippen LogP contribution in [0.15, 0.2) is 46.9 Å². The molecule has 0 unspecified atom stereocenters. The van der Waals surface area contributed by atoms with E-state index >= 15 is 0 Å². The number of halogens is 2. The van der Waals surface area contributed by atoms with Crippen LogP contribution in [0, 0.1) is 0 Å². The highest BCUT2D eigenvalue weighted by Crippen LogP contribution is 2.24. The van der Waals surface area contributed by atoms with Crippen LogP contribution in [0.5, 0.6) is 0 Å². The van der Waals surface area contributed by atoms with Crippen LogP contribution in [0.25, 0.3) is 0 Å². The summed E-state index contributed by atoms with van der Waals surface area (Å²) in [5, 5.41) is 3.98. The maximum Gasteiger partial charge on any atom is 0.255 e. The van der Waals surface area contributed by atoms with Gasteiger partial charge in [-0.25, -0.2) is 0 Å². The van der Waals surface area contributed by atoms with Crippen molar-refractivity contribution in [3.05, 3.63) is 63.1 Å². The molecule has 2 aromatic carbocycles. The molecule has 0 saturated heterocycles. The van der Waals surface area contributed by atoms with Gasteiger partial charge in [0, 0.05) is 30.8 Å². The zero-order chi connectivity index (χ0) is 15.4. The van der Waals surface area contributed by atoms with Crippen LogP contribution < -0.4 is 5.32 Å². The molecule has 0 atom stereocenters. The molecule has 1 amide bonds. The summed E-state index contributed by atoms with van der Waals surface area (Å²) in [5.74, 6) is -0.0182. The minimum absolute atomic E-state index is 0.0182. The van der Waals surface area contributed by atoms with Crippen molar-refractivity contribution < 1.29 is 4.79 Å². The lowest BCUT2D eigenvalue weighted by Gasteiger charge is -2.15. The average molecular weight is 368 g/mol. The molecule has 0 spiro atoms. The van der Waals surface area contributed by atoms with Crippen molar-refractivity contribution in [2.45, 2.75) is 6.54 Å². The summed E-state index contributed by atoms with van der Waals surface area (Å²) in [4.78, 5) is 13.7. The Bertz CT molecular complexity index is 658. The van der Waals surface area contributed by atoms with E-state index in [1.807, 2.05) is 42.5 Å². The number of carbonyl (C=O) groups excluding carboxylic acids is 1. The van der Waals surface area contributed by atoms with E-state index in [-0.39, 0.29) is 5.91 Å². The molecule has 0 saturated carbocycles. The van der Waals surface area contributed by atoms with Crippen molar-refractivity contribution in [2.75, 3.05) is 19.4 Å². The second-order valence-corrected chi connectivity index (χ2v) is 6.11. The maximum absolute atomic E-state index is 12.1. The van der Waals surface area contributed by atoms with Gasteiger partial charge in [-0.15, -0.1) is 0 Å². The molecule has 0 aliphatic heterocycles. The SMILES string of the molecule is CN(C)C(=O)c1ccccc1NCc1ccc(Cl)c(Br)c1. The first-order chi connectivity index (χ1) is 9.99. The van der Waals surface area contributed by atoms with Crippen molar-refractivity contribution in [3.63, 3.8) is 0 Å².